The van der Waals surface area contributed by atoms with Crippen LogP contribution in [0.3, 0.4) is 0 Å². The number of hydrogen-bond donors (Lipinski definition) is 1. The molecule has 1 heterocycles. The standard InChI is InChI=1S/C15H18F3N3O2/c1-11-20-12-4-2-3-5-13(12)21(11)8-7-19-14(22)6-9-23-10-15(16,17)18/h2-5H,6-10H2,1H3,(H,19,22). The van der Waals surface area contributed by atoms with Gasteiger partial charge in [-0.15, -0.1) is 0 Å². The second-order valence-electron chi connectivity index (χ2n) is 5.07. The molecule has 0 aliphatic carbocycles. The molecule has 0 saturated heterocycles. The number of alkyl halides is 3. The van der Waals surface area contributed by atoms with E-state index < -0.39 is 12.8 Å². The van der Waals surface area contributed by atoms with E-state index in [9.17, 15) is 18.0 Å². The first-order chi connectivity index (χ1) is 10.9. The Morgan fingerprint density at radius 2 is 2.09 bits per heavy atom. The fourth-order valence-corrected chi connectivity index (χ4v) is 2.23. The SMILES string of the molecule is Cc1nc2ccccc2n1CCNC(=O)CCOCC(F)(F)F. The molecule has 0 bridgehead atoms. The van der Waals surface area contributed by atoms with E-state index in [0.717, 1.165) is 16.9 Å². The molecule has 0 unspecified atom stereocenters. The molecule has 0 saturated carbocycles. The second kappa shape index (κ2) is 7.45. The average Bonchev–Trinajstić information content (AvgIpc) is 2.79. The van der Waals surface area contributed by atoms with Gasteiger partial charge in [-0.3, -0.25) is 4.79 Å². The minimum absolute atomic E-state index is 0.0975. The fraction of sp³-hybridized carbons (Fsp3) is 0.467. The Kier molecular flexibility index (Phi) is 5.59. The van der Waals surface area contributed by atoms with Crippen molar-refractivity contribution >= 4 is 16.9 Å². The smallest absolute Gasteiger partial charge is 0.372 e. The molecule has 2 aromatic rings. The maximum atomic E-state index is 11.9. The molecular formula is C15H18F3N3O2. The Morgan fingerprint density at radius 1 is 1.35 bits per heavy atom. The zero-order chi connectivity index (χ0) is 16.9. The van der Waals surface area contributed by atoms with E-state index in [2.05, 4.69) is 15.0 Å². The first-order valence-electron chi connectivity index (χ1n) is 7.20. The number of carbonyl (C=O) groups is 1. The van der Waals surface area contributed by atoms with Gasteiger partial charge in [-0.25, -0.2) is 4.98 Å². The molecule has 0 spiro atoms. The van der Waals surface area contributed by atoms with Crippen LogP contribution < -0.4 is 5.32 Å². The number of para-hydroxylation sites is 2. The number of rotatable bonds is 7. The van der Waals surface area contributed by atoms with E-state index >= 15 is 0 Å². The third kappa shape index (κ3) is 5.24. The van der Waals surface area contributed by atoms with Crippen LogP contribution in [-0.2, 0) is 16.1 Å². The number of amides is 1. The molecule has 0 fully saturated rings. The van der Waals surface area contributed by atoms with E-state index in [1.54, 1.807) is 0 Å². The third-order valence-corrected chi connectivity index (χ3v) is 3.24. The summed E-state index contributed by atoms with van der Waals surface area (Å²) in [5.41, 5.74) is 1.87. The van der Waals surface area contributed by atoms with E-state index in [-0.39, 0.29) is 18.9 Å². The lowest BCUT2D eigenvalue weighted by molar-refractivity contribution is -0.174. The highest BCUT2D eigenvalue weighted by Gasteiger charge is 2.27. The van der Waals surface area contributed by atoms with Crippen molar-refractivity contribution in [3.8, 4) is 0 Å². The van der Waals surface area contributed by atoms with Gasteiger partial charge < -0.3 is 14.6 Å². The van der Waals surface area contributed by atoms with Crippen molar-refractivity contribution in [1.82, 2.24) is 14.9 Å². The van der Waals surface area contributed by atoms with Gasteiger partial charge in [0.05, 0.1) is 17.6 Å². The zero-order valence-electron chi connectivity index (χ0n) is 12.7. The lowest BCUT2D eigenvalue weighted by Gasteiger charge is -2.09. The molecular weight excluding hydrogens is 311 g/mol. The molecule has 1 aromatic heterocycles. The molecule has 8 heteroatoms. The normalized spacial score (nSPS) is 11.8. The minimum Gasteiger partial charge on any atom is -0.372 e. The quantitative estimate of drug-likeness (QED) is 0.794. The van der Waals surface area contributed by atoms with Gasteiger partial charge in [0.25, 0.3) is 0 Å². The number of hydrogen-bond acceptors (Lipinski definition) is 3. The van der Waals surface area contributed by atoms with E-state index in [4.69, 9.17) is 0 Å². The molecule has 5 nitrogen and oxygen atoms in total. The number of imidazole rings is 1. The van der Waals surface area contributed by atoms with Crippen molar-refractivity contribution in [3.05, 3.63) is 30.1 Å². The summed E-state index contributed by atoms with van der Waals surface area (Å²) in [7, 11) is 0. The van der Waals surface area contributed by atoms with Crippen LogP contribution in [0.4, 0.5) is 13.2 Å². The molecule has 2 rings (SSSR count). The molecule has 0 atom stereocenters. The van der Waals surface area contributed by atoms with Crippen LogP contribution in [0.25, 0.3) is 11.0 Å². The van der Waals surface area contributed by atoms with Crippen LogP contribution >= 0.6 is 0 Å². The first kappa shape index (κ1) is 17.3. The highest BCUT2D eigenvalue weighted by atomic mass is 19.4. The van der Waals surface area contributed by atoms with Crippen molar-refractivity contribution in [3.63, 3.8) is 0 Å². The van der Waals surface area contributed by atoms with Crippen LogP contribution in [0.15, 0.2) is 24.3 Å². The topological polar surface area (TPSA) is 56.2 Å². The Hall–Kier alpha value is -2.09. The maximum Gasteiger partial charge on any atom is 0.411 e. The number of halogens is 3. The highest BCUT2D eigenvalue weighted by molar-refractivity contribution is 5.76. The third-order valence-electron chi connectivity index (χ3n) is 3.24. The largest absolute Gasteiger partial charge is 0.411 e. The number of carbonyl (C=O) groups excluding carboxylic acids is 1. The number of benzene rings is 1. The fourth-order valence-electron chi connectivity index (χ4n) is 2.23. The zero-order valence-corrected chi connectivity index (χ0v) is 12.7. The summed E-state index contributed by atoms with van der Waals surface area (Å²) in [5.74, 6) is 0.503. The Labute approximate surface area is 131 Å². The monoisotopic (exact) mass is 329 g/mol. The predicted molar refractivity (Wildman–Crippen MR) is 79.0 cm³/mol. The highest BCUT2D eigenvalue weighted by Crippen LogP contribution is 2.15. The molecule has 1 amide bonds. The van der Waals surface area contributed by atoms with Crippen LogP contribution in [-0.4, -0.2) is 41.4 Å². The maximum absolute atomic E-state index is 11.9. The average molecular weight is 329 g/mol. The first-order valence-corrected chi connectivity index (χ1v) is 7.20. The molecule has 23 heavy (non-hydrogen) atoms. The summed E-state index contributed by atoms with van der Waals surface area (Å²) in [6.07, 6.45) is -4.46. The number of aromatic nitrogens is 2. The Bertz CT molecular complexity index is 668. The summed E-state index contributed by atoms with van der Waals surface area (Å²) >= 11 is 0. The number of ether oxygens (including phenoxy) is 1. The Balaban J connectivity index is 1.74. The van der Waals surface area contributed by atoms with Gasteiger partial charge in [-0.05, 0) is 19.1 Å². The van der Waals surface area contributed by atoms with Crippen molar-refractivity contribution in [2.45, 2.75) is 26.1 Å². The summed E-state index contributed by atoms with van der Waals surface area (Å²) < 4.78 is 42.0. The van der Waals surface area contributed by atoms with Crippen molar-refractivity contribution in [1.29, 1.82) is 0 Å². The van der Waals surface area contributed by atoms with Gasteiger partial charge in [0.1, 0.15) is 12.4 Å². The molecule has 1 N–H and O–H groups in total. The second-order valence-corrected chi connectivity index (χ2v) is 5.07. The summed E-state index contributed by atoms with van der Waals surface area (Å²) in [6.45, 7) is 1.21. The van der Waals surface area contributed by atoms with E-state index in [1.165, 1.54) is 0 Å². The van der Waals surface area contributed by atoms with Gasteiger partial charge in [0.2, 0.25) is 5.91 Å². The lowest BCUT2D eigenvalue weighted by Crippen LogP contribution is -2.28. The molecule has 1 aromatic carbocycles. The predicted octanol–water partition coefficient (Wildman–Crippen LogP) is 2.43. The number of fused-ring (bicyclic) bond motifs is 1. The van der Waals surface area contributed by atoms with Gasteiger partial charge >= 0.3 is 6.18 Å². The van der Waals surface area contributed by atoms with Gasteiger partial charge in [0, 0.05) is 19.5 Å². The van der Waals surface area contributed by atoms with Gasteiger partial charge in [-0.1, -0.05) is 12.1 Å². The van der Waals surface area contributed by atoms with E-state index in [0.29, 0.717) is 13.1 Å². The van der Waals surface area contributed by atoms with Crippen LogP contribution in [0, 0.1) is 6.92 Å². The minimum atomic E-state index is -4.36. The molecule has 126 valence electrons. The number of nitrogens with one attached hydrogen (secondary N) is 1. The lowest BCUT2D eigenvalue weighted by atomic mass is 10.3. The van der Waals surface area contributed by atoms with Gasteiger partial charge in [0.15, 0.2) is 0 Å². The van der Waals surface area contributed by atoms with Crippen molar-refractivity contribution in [2.24, 2.45) is 0 Å². The van der Waals surface area contributed by atoms with Crippen LogP contribution in [0.2, 0.25) is 0 Å². The molecule has 0 aliphatic heterocycles. The Morgan fingerprint density at radius 3 is 2.83 bits per heavy atom. The van der Waals surface area contributed by atoms with Crippen molar-refractivity contribution in [2.75, 3.05) is 19.8 Å². The molecule has 0 radical (unpaired) electrons. The summed E-state index contributed by atoms with van der Waals surface area (Å²) in [4.78, 5) is 16.0. The van der Waals surface area contributed by atoms with E-state index in [1.807, 2.05) is 35.8 Å². The molecule has 0 aliphatic rings. The van der Waals surface area contributed by atoms with Crippen LogP contribution in [0.5, 0.6) is 0 Å². The summed E-state index contributed by atoms with van der Waals surface area (Å²) in [6, 6.07) is 7.68. The summed E-state index contributed by atoms with van der Waals surface area (Å²) in [5, 5.41) is 2.66. The number of aryl methyl sites for hydroxylation is 1. The van der Waals surface area contributed by atoms with Crippen molar-refractivity contribution < 1.29 is 22.7 Å². The van der Waals surface area contributed by atoms with Gasteiger partial charge in [-0.2, -0.15) is 13.2 Å². The van der Waals surface area contributed by atoms with Crippen LogP contribution in [0.1, 0.15) is 12.2 Å². The number of nitrogens with zero attached hydrogens (tertiary/aromatic N) is 2.